The van der Waals surface area contributed by atoms with E-state index in [4.69, 9.17) is 11.6 Å². The molecule has 2 rings (SSSR count). The third-order valence-corrected chi connectivity index (χ3v) is 3.63. The van der Waals surface area contributed by atoms with Crippen LogP contribution in [0.15, 0.2) is 40.6 Å². The minimum absolute atomic E-state index is 0.204. The molecule has 0 bridgehead atoms. The molecule has 1 heterocycles. The number of nitrogens with one attached hydrogen (secondary N) is 1. The number of hydrazone groups is 1. The van der Waals surface area contributed by atoms with E-state index in [1.165, 1.54) is 11.8 Å². The minimum Gasteiger partial charge on any atom is -0.272 e. The number of rotatable bonds is 5. The van der Waals surface area contributed by atoms with Crippen LogP contribution in [-0.4, -0.2) is 27.8 Å². The Morgan fingerprint density at radius 3 is 2.73 bits per heavy atom. The number of carbonyl (C=O) groups excluding carboxylic acids is 1. The predicted molar refractivity (Wildman–Crippen MR) is 89.4 cm³/mol. The van der Waals surface area contributed by atoms with E-state index in [1.807, 2.05) is 32.0 Å². The van der Waals surface area contributed by atoms with Crippen molar-refractivity contribution in [3.63, 3.8) is 0 Å². The molecule has 0 aliphatic rings. The Balaban J connectivity index is 1.83. The monoisotopic (exact) mass is 334 g/mol. The predicted octanol–water partition coefficient (Wildman–Crippen LogP) is 2.99. The summed E-state index contributed by atoms with van der Waals surface area (Å²) in [4.78, 5) is 20.2. The van der Waals surface area contributed by atoms with Gasteiger partial charge >= 0.3 is 0 Å². The van der Waals surface area contributed by atoms with Crippen molar-refractivity contribution in [2.75, 3.05) is 5.75 Å². The van der Waals surface area contributed by atoms with Gasteiger partial charge in [-0.15, -0.1) is 0 Å². The van der Waals surface area contributed by atoms with Gasteiger partial charge in [0.15, 0.2) is 5.16 Å². The Labute approximate surface area is 138 Å². The molecular weight excluding hydrogens is 320 g/mol. The zero-order valence-corrected chi connectivity index (χ0v) is 13.8. The number of hydrogen-bond acceptors (Lipinski definition) is 5. The Morgan fingerprint density at radius 1 is 1.32 bits per heavy atom. The quantitative estimate of drug-likeness (QED) is 0.395. The third-order valence-electron chi connectivity index (χ3n) is 2.55. The van der Waals surface area contributed by atoms with Crippen molar-refractivity contribution >= 4 is 35.5 Å². The average molecular weight is 335 g/mol. The van der Waals surface area contributed by atoms with Crippen molar-refractivity contribution in [1.82, 2.24) is 15.4 Å². The average Bonchev–Trinajstić information content (AvgIpc) is 2.44. The lowest BCUT2D eigenvalue weighted by Crippen LogP contribution is -2.19. The Hall–Kier alpha value is -1.92. The molecule has 1 aromatic carbocycles. The molecule has 1 N–H and O–H groups in total. The lowest BCUT2D eigenvalue weighted by atomic mass is 10.2. The number of thioether (sulfide) groups is 1. The molecule has 5 nitrogen and oxygen atoms in total. The zero-order valence-electron chi connectivity index (χ0n) is 12.2. The van der Waals surface area contributed by atoms with E-state index in [0.717, 1.165) is 17.0 Å². The zero-order chi connectivity index (χ0) is 15.9. The maximum atomic E-state index is 11.7. The van der Waals surface area contributed by atoms with Gasteiger partial charge in [0, 0.05) is 16.4 Å². The second-order valence-corrected chi connectivity index (χ2v) is 5.95. The molecule has 0 aliphatic heterocycles. The van der Waals surface area contributed by atoms with Gasteiger partial charge in [-0.1, -0.05) is 35.5 Å². The van der Waals surface area contributed by atoms with E-state index in [1.54, 1.807) is 18.3 Å². The number of nitrogens with zero attached hydrogens (tertiary/aromatic N) is 3. The Kier molecular flexibility index (Phi) is 5.91. The van der Waals surface area contributed by atoms with E-state index in [9.17, 15) is 4.79 Å². The summed E-state index contributed by atoms with van der Waals surface area (Å²) in [5.41, 5.74) is 5.05. The highest BCUT2D eigenvalue weighted by Gasteiger charge is 2.05. The summed E-state index contributed by atoms with van der Waals surface area (Å²) < 4.78 is 0. The van der Waals surface area contributed by atoms with E-state index in [2.05, 4.69) is 20.5 Å². The smallest absolute Gasteiger partial charge is 0.250 e. The van der Waals surface area contributed by atoms with Crippen molar-refractivity contribution in [3.8, 4) is 0 Å². The molecular formula is C15H15ClN4OS. The van der Waals surface area contributed by atoms with Crippen LogP contribution in [0.1, 0.15) is 17.0 Å². The van der Waals surface area contributed by atoms with Gasteiger partial charge < -0.3 is 0 Å². The van der Waals surface area contributed by atoms with Gasteiger partial charge in [0.2, 0.25) is 0 Å². The second kappa shape index (κ2) is 7.91. The van der Waals surface area contributed by atoms with Crippen LogP contribution < -0.4 is 5.43 Å². The summed E-state index contributed by atoms with van der Waals surface area (Å²) >= 11 is 7.14. The van der Waals surface area contributed by atoms with Gasteiger partial charge in [-0.3, -0.25) is 4.79 Å². The van der Waals surface area contributed by atoms with Crippen molar-refractivity contribution in [1.29, 1.82) is 0 Å². The fraction of sp³-hybridized carbons (Fsp3) is 0.200. The highest BCUT2D eigenvalue weighted by molar-refractivity contribution is 7.99. The summed E-state index contributed by atoms with van der Waals surface area (Å²) in [5, 5.41) is 5.10. The van der Waals surface area contributed by atoms with E-state index in [0.29, 0.717) is 10.2 Å². The van der Waals surface area contributed by atoms with Crippen LogP contribution >= 0.6 is 23.4 Å². The van der Waals surface area contributed by atoms with Crippen molar-refractivity contribution in [2.45, 2.75) is 19.0 Å². The Morgan fingerprint density at radius 2 is 2.05 bits per heavy atom. The Bertz CT molecular complexity index is 685. The first-order valence-electron chi connectivity index (χ1n) is 6.55. The molecule has 114 valence electrons. The molecule has 0 radical (unpaired) electrons. The maximum absolute atomic E-state index is 11.7. The van der Waals surface area contributed by atoms with Crippen molar-refractivity contribution < 1.29 is 4.79 Å². The van der Waals surface area contributed by atoms with Gasteiger partial charge in [0.25, 0.3) is 5.91 Å². The topological polar surface area (TPSA) is 67.2 Å². The van der Waals surface area contributed by atoms with Gasteiger partial charge in [-0.05, 0) is 37.6 Å². The van der Waals surface area contributed by atoms with E-state index < -0.39 is 0 Å². The van der Waals surface area contributed by atoms with E-state index >= 15 is 0 Å². The van der Waals surface area contributed by atoms with Crippen molar-refractivity contribution in [2.24, 2.45) is 5.10 Å². The number of carbonyl (C=O) groups is 1. The van der Waals surface area contributed by atoms with Gasteiger partial charge in [-0.2, -0.15) is 5.10 Å². The van der Waals surface area contributed by atoms with Crippen LogP contribution in [0.25, 0.3) is 0 Å². The lowest BCUT2D eigenvalue weighted by molar-refractivity contribution is -0.118. The maximum Gasteiger partial charge on any atom is 0.250 e. The standard InChI is InChI=1S/C15H15ClN4OS/c1-10-6-11(2)19-15(18-10)22-9-14(21)20-17-8-12-4-3-5-13(16)7-12/h3-8H,9H2,1-2H3,(H,20,21)/b17-8-. The molecule has 0 saturated heterocycles. The van der Waals surface area contributed by atoms with Crippen LogP contribution in [0.5, 0.6) is 0 Å². The molecule has 2 aromatic rings. The fourth-order valence-electron chi connectivity index (χ4n) is 1.69. The van der Waals surface area contributed by atoms with Crippen LogP contribution in [0.4, 0.5) is 0 Å². The van der Waals surface area contributed by atoms with Crippen LogP contribution in [-0.2, 0) is 4.79 Å². The largest absolute Gasteiger partial charge is 0.272 e. The van der Waals surface area contributed by atoms with Gasteiger partial charge in [0.1, 0.15) is 0 Å². The van der Waals surface area contributed by atoms with Crippen molar-refractivity contribution in [3.05, 3.63) is 52.3 Å². The molecule has 0 spiro atoms. The normalized spacial score (nSPS) is 10.9. The number of aryl methyl sites for hydroxylation is 2. The summed E-state index contributed by atoms with van der Waals surface area (Å²) in [6.07, 6.45) is 1.54. The first kappa shape index (κ1) is 16.5. The first-order chi connectivity index (χ1) is 10.5. The molecule has 1 aromatic heterocycles. The van der Waals surface area contributed by atoms with E-state index in [-0.39, 0.29) is 11.7 Å². The lowest BCUT2D eigenvalue weighted by Gasteiger charge is -2.02. The number of aromatic nitrogens is 2. The number of benzene rings is 1. The first-order valence-corrected chi connectivity index (χ1v) is 7.92. The molecule has 0 unspecified atom stereocenters. The molecule has 22 heavy (non-hydrogen) atoms. The van der Waals surface area contributed by atoms with Crippen LogP contribution in [0, 0.1) is 13.8 Å². The van der Waals surface area contributed by atoms with Crippen LogP contribution in [0.2, 0.25) is 5.02 Å². The molecule has 1 amide bonds. The highest BCUT2D eigenvalue weighted by Crippen LogP contribution is 2.13. The number of amides is 1. The summed E-state index contributed by atoms with van der Waals surface area (Å²) in [5.74, 6) is -0.0125. The number of hydrogen-bond donors (Lipinski definition) is 1. The number of halogens is 1. The SMILES string of the molecule is Cc1cc(C)nc(SCC(=O)N/N=C\c2cccc(Cl)c2)n1. The highest BCUT2D eigenvalue weighted by atomic mass is 35.5. The summed E-state index contributed by atoms with van der Waals surface area (Å²) in [6, 6.07) is 9.09. The summed E-state index contributed by atoms with van der Waals surface area (Å²) in [7, 11) is 0. The molecule has 0 aliphatic carbocycles. The third kappa shape index (κ3) is 5.46. The second-order valence-electron chi connectivity index (χ2n) is 4.57. The molecule has 0 atom stereocenters. The van der Waals surface area contributed by atoms with Crippen LogP contribution in [0.3, 0.4) is 0 Å². The molecule has 0 saturated carbocycles. The fourth-order valence-corrected chi connectivity index (χ4v) is 2.63. The van der Waals surface area contributed by atoms with Gasteiger partial charge in [0.05, 0.1) is 12.0 Å². The molecule has 0 fully saturated rings. The minimum atomic E-state index is -0.217. The molecule has 7 heteroatoms. The van der Waals surface area contributed by atoms with Gasteiger partial charge in [-0.25, -0.2) is 15.4 Å². The summed E-state index contributed by atoms with van der Waals surface area (Å²) in [6.45, 7) is 3.79.